The maximum absolute atomic E-state index is 10.1. The van der Waals surface area contributed by atoms with E-state index in [0.29, 0.717) is 13.0 Å². The minimum atomic E-state index is -0.413. The first kappa shape index (κ1) is 15.2. The third kappa shape index (κ3) is 5.17. The fraction of sp³-hybridized carbons (Fsp3) is 0.600. The van der Waals surface area contributed by atoms with E-state index >= 15 is 0 Å². The molecule has 18 heavy (non-hydrogen) atoms. The van der Waals surface area contributed by atoms with Crippen molar-refractivity contribution < 1.29 is 10.2 Å². The van der Waals surface area contributed by atoms with E-state index in [4.69, 9.17) is 5.11 Å². The highest BCUT2D eigenvalue weighted by Gasteiger charge is 2.10. The fourth-order valence-corrected chi connectivity index (χ4v) is 2.05. The predicted molar refractivity (Wildman–Crippen MR) is 74.6 cm³/mol. The first-order valence-corrected chi connectivity index (χ1v) is 6.75. The number of aliphatic hydroxyl groups excluding tert-OH is 2. The molecule has 1 unspecified atom stereocenters. The lowest BCUT2D eigenvalue weighted by atomic mass is 10.0. The number of hydrogen-bond donors (Lipinski definition) is 2. The second-order valence-electron chi connectivity index (χ2n) is 4.78. The van der Waals surface area contributed by atoms with E-state index in [1.54, 1.807) is 0 Å². The molecule has 0 amide bonds. The Labute approximate surface area is 110 Å². The molecule has 0 aromatic heterocycles. The molecule has 0 saturated carbocycles. The summed E-state index contributed by atoms with van der Waals surface area (Å²) in [6.45, 7) is 6.83. The van der Waals surface area contributed by atoms with E-state index in [9.17, 15) is 5.11 Å². The Hall–Kier alpha value is -0.900. The minimum Gasteiger partial charge on any atom is -0.395 e. The van der Waals surface area contributed by atoms with Gasteiger partial charge in [0.2, 0.25) is 0 Å². The second-order valence-corrected chi connectivity index (χ2v) is 4.78. The molecule has 1 aromatic rings. The van der Waals surface area contributed by atoms with Crippen molar-refractivity contribution in [3.05, 3.63) is 35.4 Å². The molecule has 0 aliphatic rings. The van der Waals surface area contributed by atoms with Gasteiger partial charge < -0.3 is 15.1 Å². The number of aliphatic hydroxyl groups is 2. The maximum atomic E-state index is 10.1. The molecular formula is C15H25NO2. The van der Waals surface area contributed by atoms with Gasteiger partial charge in [-0.15, -0.1) is 0 Å². The third-order valence-corrected chi connectivity index (χ3v) is 3.14. The van der Waals surface area contributed by atoms with Gasteiger partial charge in [-0.3, -0.25) is 0 Å². The molecule has 102 valence electrons. The van der Waals surface area contributed by atoms with Gasteiger partial charge in [0.15, 0.2) is 0 Å². The summed E-state index contributed by atoms with van der Waals surface area (Å²) in [5.41, 5.74) is 2.18. The molecule has 0 fully saturated rings. The zero-order chi connectivity index (χ0) is 13.4. The van der Waals surface area contributed by atoms with E-state index in [1.165, 1.54) is 5.56 Å². The van der Waals surface area contributed by atoms with Gasteiger partial charge in [0.25, 0.3) is 0 Å². The van der Waals surface area contributed by atoms with E-state index in [2.05, 4.69) is 11.8 Å². The molecule has 1 aromatic carbocycles. The standard InChI is InChI=1S/C15H25NO2/c1-3-9-16(11-12-17)10-8-15(18)14-6-4-13(2)5-7-14/h4-7,15,17-18H,3,8-12H2,1-2H3. The first-order valence-electron chi connectivity index (χ1n) is 6.75. The van der Waals surface area contributed by atoms with Crippen LogP contribution < -0.4 is 0 Å². The van der Waals surface area contributed by atoms with Crippen LogP contribution in [0.15, 0.2) is 24.3 Å². The van der Waals surface area contributed by atoms with Gasteiger partial charge >= 0.3 is 0 Å². The molecule has 0 saturated heterocycles. The SMILES string of the molecule is CCCN(CCO)CCC(O)c1ccc(C)cc1. The van der Waals surface area contributed by atoms with Crippen LogP contribution >= 0.6 is 0 Å². The van der Waals surface area contributed by atoms with Crippen LogP contribution in [0.4, 0.5) is 0 Å². The van der Waals surface area contributed by atoms with Crippen molar-refractivity contribution >= 4 is 0 Å². The van der Waals surface area contributed by atoms with E-state index in [1.807, 2.05) is 31.2 Å². The lowest BCUT2D eigenvalue weighted by Gasteiger charge is -2.22. The van der Waals surface area contributed by atoms with Crippen LogP contribution in [-0.4, -0.2) is 41.4 Å². The smallest absolute Gasteiger partial charge is 0.0802 e. The molecule has 0 spiro atoms. The van der Waals surface area contributed by atoms with Crippen molar-refractivity contribution in [1.82, 2.24) is 4.90 Å². The van der Waals surface area contributed by atoms with Gasteiger partial charge in [-0.25, -0.2) is 0 Å². The predicted octanol–water partition coefficient (Wildman–Crippen LogP) is 2.12. The Kier molecular flexibility index (Phi) is 6.94. The molecular weight excluding hydrogens is 226 g/mol. The van der Waals surface area contributed by atoms with Gasteiger partial charge in [-0.05, 0) is 31.9 Å². The molecule has 2 N–H and O–H groups in total. The highest BCUT2D eigenvalue weighted by Crippen LogP contribution is 2.17. The fourth-order valence-electron chi connectivity index (χ4n) is 2.05. The van der Waals surface area contributed by atoms with Gasteiger partial charge in [-0.1, -0.05) is 36.8 Å². The summed E-state index contributed by atoms with van der Waals surface area (Å²) < 4.78 is 0. The maximum Gasteiger partial charge on any atom is 0.0802 e. The summed E-state index contributed by atoms with van der Waals surface area (Å²) in [6.07, 6.45) is 1.37. The molecule has 1 rings (SSSR count). The average molecular weight is 251 g/mol. The monoisotopic (exact) mass is 251 g/mol. The summed E-state index contributed by atoms with van der Waals surface area (Å²) in [5, 5.41) is 19.1. The number of hydrogen-bond acceptors (Lipinski definition) is 3. The molecule has 0 heterocycles. The summed E-state index contributed by atoms with van der Waals surface area (Å²) >= 11 is 0. The summed E-state index contributed by atoms with van der Waals surface area (Å²) in [6, 6.07) is 8.01. The molecule has 0 aliphatic carbocycles. The van der Waals surface area contributed by atoms with Crippen molar-refractivity contribution in [1.29, 1.82) is 0 Å². The van der Waals surface area contributed by atoms with Crippen LogP contribution in [0.25, 0.3) is 0 Å². The molecule has 3 heteroatoms. The highest BCUT2D eigenvalue weighted by atomic mass is 16.3. The van der Waals surface area contributed by atoms with Gasteiger partial charge in [0.1, 0.15) is 0 Å². The van der Waals surface area contributed by atoms with E-state index in [0.717, 1.165) is 25.1 Å². The topological polar surface area (TPSA) is 43.7 Å². The molecule has 0 radical (unpaired) electrons. The van der Waals surface area contributed by atoms with Crippen LogP contribution in [0.2, 0.25) is 0 Å². The average Bonchev–Trinajstić information content (AvgIpc) is 2.37. The largest absolute Gasteiger partial charge is 0.395 e. The zero-order valence-electron chi connectivity index (χ0n) is 11.5. The number of nitrogens with zero attached hydrogens (tertiary/aromatic N) is 1. The number of rotatable bonds is 8. The Morgan fingerprint density at radius 3 is 2.33 bits per heavy atom. The van der Waals surface area contributed by atoms with Crippen LogP contribution in [0.3, 0.4) is 0 Å². The minimum absolute atomic E-state index is 0.181. The molecule has 0 aliphatic heterocycles. The molecule has 3 nitrogen and oxygen atoms in total. The molecule has 1 atom stereocenters. The van der Waals surface area contributed by atoms with Crippen molar-refractivity contribution in [3.8, 4) is 0 Å². The lowest BCUT2D eigenvalue weighted by Crippen LogP contribution is -2.29. The van der Waals surface area contributed by atoms with Crippen molar-refractivity contribution in [2.45, 2.75) is 32.8 Å². The number of aryl methyl sites for hydroxylation is 1. The Morgan fingerprint density at radius 2 is 1.78 bits per heavy atom. The van der Waals surface area contributed by atoms with Gasteiger partial charge in [0.05, 0.1) is 12.7 Å². The Balaban J connectivity index is 2.43. The quantitative estimate of drug-likeness (QED) is 0.744. The summed E-state index contributed by atoms with van der Waals surface area (Å²) in [4.78, 5) is 2.19. The zero-order valence-corrected chi connectivity index (χ0v) is 11.5. The van der Waals surface area contributed by atoms with Gasteiger partial charge in [-0.2, -0.15) is 0 Å². The van der Waals surface area contributed by atoms with Gasteiger partial charge in [0, 0.05) is 13.1 Å². The van der Waals surface area contributed by atoms with Crippen LogP contribution in [0, 0.1) is 6.92 Å². The van der Waals surface area contributed by atoms with Crippen molar-refractivity contribution in [3.63, 3.8) is 0 Å². The Bertz CT molecular complexity index is 318. The highest BCUT2D eigenvalue weighted by molar-refractivity contribution is 5.22. The van der Waals surface area contributed by atoms with Crippen molar-refractivity contribution in [2.24, 2.45) is 0 Å². The lowest BCUT2D eigenvalue weighted by molar-refractivity contribution is 0.131. The molecule has 0 bridgehead atoms. The van der Waals surface area contributed by atoms with Crippen LogP contribution in [0.5, 0.6) is 0 Å². The van der Waals surface area contributed by atoms with Crippen LogP contribution in [-0.2, 0) is 0 Å². The third-order valence-electron chi connectivity index (χ3n) is 3.14. The van der Waals surface area contributed by atoms with E-state index < -0.39 is 6.10 Å². The Morgan fingerprint density at radius 1 is 1.11 bits per heavy atom. The second kappa shape index (κ2) is 8.25. The van der Waals surface area contributed by atoms with E-state index in [-0.39, 0.29) is 6.61 Å². The first-order chi connectivity index (χ1) is 8.67. The number of benzene rings is 1. The normalized spacial score (nSPS) is 12.9. The summed E-state index contributed by atoms with van der Waals surface area (Å²) in [7, 11) is 0. The van der Waals surface area contributed by atoms with Crippen molar-refractivity contribution in [2.75, 3.05) is 26.2 Å². The summed E-state index contributed by atoms with van der Waals surface area (Å²) in [5.74, 6) is 0. The van der Waals surface area contributed by atoms with Crippen LogP contribution in [0.1, 0.15) is 37.0 Å².